The van der Waals surface area contributed by atoms with Crippen LogP contribution in [0.2, 0.25) is 0 Å². The molecule has 1 heterocycles. The third-order valence-electron chi connectivity index (χ3n) is 0.385. The van der Waals surface area contributed by atoms with Crippen LogP contribution in [0.3, 0.4) is 0 Å². The lowest BCUT2D eigenvalue weighted by Gasteiger charge is -1.70. The van der Waals surface area contributed by atoms with Crippen LogP contribution in [0.1, 0.15) is 5.48 Å². The maximum Gasteiger partial charge on any atom is 0.0840 e. The van der Waals surface area contributed by atoms with Crippen LogP contribution in [0.25, 0.3) is 0 Å². The first-order valence-electron chi connectivity index (χ1n) is 3.52. The van der Waals surface area contributed by atoms with E-state index >= 15 is 0 Å². The summed E-state index contributed by atoms with van der Waals surface area (Å²) >= 11 is 0. The van der Waals surface area contributed by atoms with Gasteiger partial charge in [-0.1, -0.05) is 6.07 Å². The fourth-order valence-corrected chi connectivity index (χ4v) is 0.193. The molecule has 0 aliphatic carbocycles. The molecule has 0 radical (unpaired) electrons. The topological polar surface area (TPSA) is 12.9 Å². The minimum atomic E-state index is -0.249. The molecule has 0 aliphatic rings. The molecule has 0 saturated carbocycles. The molecule has 1 nitrogen and oxygen atoms in total. The third-order valence-corrected chi connectivity index (χ3v) is 0.385. The number of rotatable bonds is 0. The Kier molecular flexibility index (Phi) is 0.274. The van der Waals surface area contributed by atoms with Gasteiger partial charge < -0.3 is 0 Å². The SMILES string of the molecule is [2H]c1cc([2H])c([2H])nc1[2H]. The number of nitrogens with zero attached hydrogens (tertiary/aromatic N) is 1. The molecule has 0 bridgehead atoms. The van der Waals surface area contributed by atoms with Gasteiger partial charge in [0.1, 0.15) is 0 Å². The minimum Gasteiger partial charge on any atom is -0.265 e. The van der Waals surface area contributed by atoms with Crippen molar-refractivity contribution in [1.82, 2.24) is 4.98 Å². The first-order chi connectivity index (χ1) is 4.61. The van der Waals surface area contributed by atoms with E-state index in [2.05, 4.69) is 4.98 Å². The average molecular weight is 83.1 g/mol. The Morgan fingerprint density at radius 2 is 2.00 bits per heavy atom. The van der Waals surface area contributed by atoms with Crippen molar-refractivity contribution in [2.45, 2.75) is 0 Å². The molecule has 0 aliphatic heterocycles. The minimum absolute atomic E-state index is 0.110. The van der Waals surface area contributed by atoms with E-state index in [0.29, 0.717) is 0 Å². The second-order valence-electron chi connectivity index (χ2n) is 0.768. The van der Waals surface area contributed by atoms with E-state index < -0.39 is 0 Å². The number of hydrogen-bond acceptors (Lipinski definition) is 1. The summed E-state index contributed by atoms with van der Waals surface area (Å²) in [5, 5.41) is 0. The molecule has 0 amide bonds. The van der Waals surface area contributed by atoms with Gasteiger partial charge in [0.25, 0.3) is 0 Å². The van der Waals surface area contributed by atoms with E-state index in [1.807, 2.05) is 0 Å². The molecule has 1 aromatic heterocycles. The number of aromatic nitrogens is 1. The number of pyridine rings is 1. The van der Waals surface area contributed by atoms with Crippen LogP contribution in [-0.2, 0) is 0 Å². The Bertz CT molecular complexity index is 210. The fourth-order valence-electron chi connectivity index (χ4n) is 0.193. The summed E-state index contributed by atoms with van der Waals surface area (Å²) in [7, 11) is 0. The highest BCUT2D eigenvalue weighted by Crippen LogP contribution is 1.73. The standard InChI is InChI=1S/C5H5N/c1-2-4-6-5-3-1/h1-5H/i2D,3D,4D,5D. The van der Waals surface area contributed by atoms with Gasteiger partial charge in [0.15, 0.2) is 0 Å². The molecule has 1 rings (SSSR count). The molecular formula is C5H5N. The van der Waals surface area contributed by atoms with Gasteiger partial charge in [0.05, 0.1) is 5.48 Å². The Morgan fingerprint density at radius 3 is 2.50 bits per heavy atom. The van der Waals surface area contributed by atoms with Crippen LogP contribution < -0.4 is 0 Å². The summed E-state index contributed by atoms with van der Waals surface area (Å²) in [6.07, 6.45) is -0.498. The van der Waals surface area contributed by atoms with Gasteiger partial charge in [-0.15, -0.1) is 0 Å². The molecular weight excluding hydrogens is 74.1 g/mol. The lowest BCUT2D eigenvalue weighted by Crippen LogP contribution is -1.58. The highest BCUT2D eigenvalue weighted by atomic mass is 14.6. The normalized spacial score (nSPS) is 17.3. The van der Waals surface area contributed by atoms with Gasteiger partial charge in [0.2, 0.25) is 0 Å². The van der Waals surface area contributed by atoms with Gasteiger partial charge in [-0.2, -0.15) is 0 Å². The van der Waals surface area contributed by atoms with Crippen molar-refractivity contribution in [2.24, 2.45) is 0 Å². The van der Waals surface area contributed by atoms with Gasteiger partial charge in [-0.05, 0) is 12.1 Å². The van der Waals surface area contributed by atoms with E-state index in [0.717, 1.165) is 6.07 Å². The molecule has 1 aromatic rings. The van der Waals surface area contributed by atoms with Gasteiger partial charge in [-0.3, -0.25) is 4.98 Å². The molecule has 0 N–H and O–H groups in total. The van der Waals surface area contributed by atoms with Crippen molar-refractivity contribution >= 4 is 0 Å². The second kappa shape index (κ2) is 1.55. The summed E-state index contributed by atoms with van der Waals surface area (Å²) in [4.78, 5) is 3.33. The molecule has 0 spiro atoms. The fraction of sp³-hybridized carbons (Fsp3) is 0. The summed E-state index contributed by atoms with van der Waals surface area (Å²) in [6.45, 7) is 0. The lowest BCUT2D eigenvalue weighted by atomic mass is 10.5. The highest BCUT2D eigenvalue weighted by molar-refractivity contribution is 4.88. The maximum absolute atomic E-state index is 7.00. The average Bonchev–Trinajstić information content (AvgIpc) is 1.84. The number of hydrogen-bond donors (Lipinski definition) is 0. The van der Waals surface area contributed by atoms with Crippen LogP contribution >= 0.6 is 0 Å². The zero-order chi connectivity index (χ0) is 7.72. The van der Waals surface area contributed by atoms with E-state index in [9.17, 15) is 0 Å². The molecule has 0 atom stereocenters. The van der Waals surface area contributed by atoms with Crippen molar-refractivity contribution in [3.63, 3.8) is 0 Å². The lowest BCUT2D eigenvalue weighted by molar-refractivity contribution is 1.33. The zero-order valence-electron chi connectivity index (χ0n) is 7.02. The van der Waals surface area contributed by atoms with Crippen LogP contribution in [0.4, 0.5) is 0 Å². The van der Waals surface area contributed by atoms with Crippen LogP contribution in [-0.4, -0.2) is 4.98 Å². The Hall–Kier alpha value is -0.850. The summed E-state index contributed by atoms with van der Waals surface area (Å²) < 4.78 is 27.9. The first-order valence-corrected chi connectivity index (χ1v) is 1.52. The summed E-state index contributed by atoms with van der Waals surface area (Å²) in [6, 6.07) is 0.916. The molecule has 6 heavy (non-hydrogen) atoms. The Morgan fingerprint density at radius 1 is 1.33 bits per heavy atom. The third kappa shape index (κ3) is 0.549. The van der Waals surface area contributed by atoms with Crippen molar-refractivity contribution in [3.05, 3.63) is 30.5 Å². The summed E-state index contributed by atoms with van der Waals surface area (Å²) in [5.74, 6) is 0. The molecule has 0 aromatic carbocycles. The first kappa shape index (κ1) is 1.06. The van der Waals surface area contributed by atoms with Crippen LogP contribution in [0, 0.1) is 0 Å². The van der Waals surface area contributed by atoms with Crippen LogP contribution in [0.5, 0.6) is 0 Å². The van der Waals surface area contributed by atoms with Gasteiger partial charge >= 0.3 is 0 Å². The highest BCUT2D eigenvalue weighted by Gasteiger charge is 1.58. The molecule has 1 heteroatoms. The second-order valence-corrected chi connectivity index (χ2v) is 0.768. The van der Waals surface area contributed by atoms with Gasteiger partial charge in [-0.25, -0.2) is 0 Å². The smallest absolute Gasteiger partial charge is 0.0840 e. The van der Waals surface area contributed by atoms with Crippen molar-refractivity contribution < 1.29 is 5.48 Å². The van der Waals surface area contributed by atoms with E-state index in [-0.39, 0.29) is 24.4 Å². The molecule has 30 valence electrons. The molecule has 0 fully saturated rings. The molecule has 0 unspecified atom stereocenters. The maximum atomic E-state index is 7.00. The van der Waals surface area contributed by atoms with E-state index in [4.69, 9.17) is 5.48 Å². The van der Waals surface area contributed by atoms with Crippen molar-refractivity contribution in [2.75, 3.05) is 0 Å². The monoisotopic (exact) mass is 83.1 g/mol. The quantitative estimate of drug-likeness (QED) is 0.457. The van der Waals surface area contributed by atoms with Gasteiger partial charge in [0, 0.05) is 12.3 Å². The predicted molar refractivity (Wildman–Crippen MR) is 24.2 cm³/mol. The Balaban J connectivity index is 3.28. The largest absolute Gasteiger partial charge is 0.265 e. The van der Waals surface area contributed by atoms with Crippen LogP contribution in [0.15, 0.2) is 30.5 Å². The summed E-state index contributed by atoms with van der Waals surface area (Å²) in [5.41, 5.74) is 0. The van der Waals surface area contributed by atoms with Crippen molar-refractivity contribution in [1.29, 1.82) is 0 Å². The molecule has 0 saturated heterocycles. The van der Waals surface area contributed by atoms with Crippen molar-refractivity contribution in [3.8, 4) is 0 Å². The zero-order valence-corrected chi connectivity index (χ0v) is 3.02. The van der Waals surface area contributed by atoms with E-state index in [1.165, 1.54) is 0 Å². The Labute approximate surface area is 42.3 Å². The predicted octanol–water partition coefficient (Wildman–Crippen LogP) is 1.08. The van der Waals surface area contributed by atoms with E-state index in [1.54, 1.807) is 0 Å².